The SMILES string of the molecule is CC(Nc1c(C#N)cnc2c(Cl)cc(NC(c3ccccc3)c3cn(C4CCN(C(C)(C)C)CC4)nn3)cc12)c1ccc(F)cc1. The Kier molecular flexibility index (Phi) is 8.94. The van der Waals surface area contributed by atoms with Crippen molar-refractivity contribution in [2.45, 2.75) is 64.2 Å². The molecule has 0 saturated carbocycles. The zero-order valence-corrected chi connectivity index (χ0v) is 27.3. The molecule has 5 aromatic rings. The number of rotatable bonds is 8. The molecule has 46 heavy (non-hydrogen) atoms. The number of nitrogens with one attached hydrogen (secondary N) is 2. The molecule has 6 rings (SSSR count). The van der Waals surface area contributed by atoms with E-state index in [2.05, 4.69) is 76.0 Å². The van der Waals surface area contributed by atoms with E-state index in [4.69, 9.17) is 11.6 Å². The van der Waals surface area contributed by atoms with E-state index in [0.717, 1.165) is 48.4 Å². The van der Waals surface area contributed by atoms with Crippen molar-refractivity contribution in [2.24, 2.45) is 0 Å². The minimum atomic E-state index is -0.306. The summed E-state index contributed by atoms with van der Waals surface area (Å²) in [6.07, 6.45) is 5.61. The first-order valence-electron chi connectivity index (χ1n) is 15.6. The van der Waals surface area contributed by atoms with Crippen molar-refractivity contribution in [3.63, 3.8) is 0 Å². The molecule has 0 radical (unpaired) electrons. The summed E-state index contributed by atoms with van der Waals surface area (Å²) < 4.78 is 15.6. The van der Waals surface area contributed by atoms with Gasteiger partial charge >= 0.3 is 0 Å². The Morgan fingerprint density at radius 2 is 1.72 bits per heavy atom. The fourth-order valence-electron chi connectivity index (χ4n) is 6.18. The second-order valence-electron chi connectivity index (χ2n) is 12.9. The number of aromatic nitrogens is 4. The van der Waals surface area contributed by atoms with Gasteiger partial charge in [0.1, 0.15) is 17.6 Å². The predicted molar refractivity (Wildman–Crippen MR) is 181 cm³/mol. The molecule has 3 heterocycles. The smallest absolute Gasteiger partial charge is 0.123 e. The Bertz CT molecular complexity index is 1850. The zero-order chi connectivity index (χ0) is 32.4. The second kappa shape index (κ2) is 13.1. The van der Waals surface area contributed by atoms with Crippen LogP contribution < -0.4 is 10.6 Å². The highest BCUT2D eigenvalue weighted by Gasteiger charge is 2.29. The highest BCUT2D eigenvalue weighted by Crippen LogP contribution is 2.37. The topological polar surface area (TPSA) is 94.7 Å². The average Bonchev–Trinajstić information content (AvgIpc) is 3.54. The molecule has 0 amide bonds. The van der Waals surface area contributed by atoms with Gasteiger partial charge in [0.25, 0.3) is 0 Å². The lowest BCUT2D eigenvalue weighted by Crippen LogP contribution is -2.46. The summed E-state index contributed by atoms with van der Waals surface area (Å²) in [4.78, 5) is 7.04. The van der Waals surface area contributed by atoms with Crippen LogP contribution in [-0.4, -0.2) is 43.5 Å². The van der Waals surface area contributed by atoms with Gasteiger partial charge in [-0.2, -0.15) is 5.26 Å². The number of hydrogen-bond donors (Lipinski definition) is 2. The van der Waals surface area contributed by atoms with Crippen LogP contribution in [-0.2, 0) is 0 Å². The number of anilines is 2. The lowest BCUT2D eigenvalue weighted by Gasteiger charge is -2.40. The average molecular weight is 637 g/mol. The van der Waals surface area contributed by atoms with E-state index in [1.54, 1.807) is 12.1 Å². The molecule has 10 heteroatoms. The Morgan fingerprint density at radius 1 is 1.00 bits per heavy atom. The lowest BCUT2D eigenvalue weighted by molar-refractivity contribution is 0.0866. The third-order valence-electron chi connectivity index (χ3n) is 8.83. The monoisotopic (exact) mass is 636 g/mol. The highest BCUT2D eigenvalue weighted by atomic mass is 35.5. The molecule has 1 saturated heterocycles. The molecule has 2 unspecified atom stereocenters. The van der Waals surface area contributed by atoms with Gasteiger partial charge in [-0.25, -0.2) is 9.07 Å². The van der Waals surface area contributed by atoms with E-state index in [9.17, 15) is 9.65 Å². The quantitative estimate of drug-likeness (QED) is 0.177. The van der Waals surface area contributed by atoms with Gasteiger partial charge in [-0.3, -0.25) is 9.88 Å². The van der Waals surface area contributed by atoms with Crippen LogP contribution in [0.4, 0.5) is 15.8 Å². The van der Waals surface area contributed by atoms with Crippen LogP contribution in [0.5, 0.6) is 0 Å². The number of fused-ring (bicyclic) bond motifs is 1. The van der Waals surface area contributed by atoms with Gasteiger partial charge in [0.15, 0.2) is 0 Å². The van der Waals surface area contributed by atoms with Crippen molar-refractivity contribution in [3.05, 3.63) is 112 Å². The predicted octanol–water partition coefficient (Wildman–Crippen LogP) is 8.30. The summed E-state index contributed by atoms with van der Waals surface area (Å²) in [7, 11) is 0. The van der Waals surface area contributed by atoms with Gasteiger partial charge in [-0.15, -0.1) is 5.10 Å². The second-order valence-corrected chi connectivity index (χ2v) is 13.3. The molecule has 1 aliphatic rings. The number of piperidine rings is 1. The number of hydrogen-bond acceptors (Lipinski definition) is 7. The Labute approximate surface area is 274 Å². The molecule has 2 atom stereocenters. The molecular weight excluding hydrogens is 599 g/mol. The minimum absolute atomic E-state index is 0.153. The van der Waals surface area contributed by atoms with E-state index in [1.807, 2.05) is 41.9 Å². The fourth-order valence-corrected chi connectivity index (χ4v) is 6.45. The van der Waals surface area contributed by atoms with E-state index in [-0.39, 0.29) is 23.4 Å². The maximum absolute atomic E-state index is 13.6. The van der Waals surface area contributed by atoms with Gasteiger partial charge in [-0.1, -0.05) is 59.3 Å². The molecule has 0 bridgehead atoms. The normalized spacial score (nSPS) is 15.8. The number of pyridine rings is 1. The molecule has 0 spiro atoms. The van der Waals surface area contributed by atoms with Crippen molar-refractivity contribution >= 4 is 33.9 Å². The zero-order valence-electron chi connectivity index (χ0n) is 26.5. The maximum Gasteiger partial charge on any atom is 0.123 e. The number of nitriles is 1. The first kappa shape index (κ1) is 31.5. The van der Waals surface area contributed by atoms with Crippen molar-refractivity contribution in [1.82, 2.24) is 24.9 Å². The van der Waals surface area contributed by atoms with E-state index >= 15 is 0 Å². The molecule has 1 aliphatic heterocycles. The Balaban J connectivity index is 1.33. The summed E-state index contributed by atoms with van der Waals surface area (Å²) in [6, 6.07) is 22.3. The number of benzene rings is 3. The molecular formula is C36H38ClFN8. The fraction of sp³-hybridized carbons (Fsp3) is 0.333. The minimum Gasteiger partial charge on any atom is -0.377 e. The van der Waals surface area contributed by atoms with Crippen molar-refractivity contribution in [2.75, 3.05) is 23.7 Å². The third-order valence-corrected chi connectivity index (χ3v) is 9.12. The first-order chi connectivity index (χ1) is 22.1. The van der Waals surface area contributed by atoms with Crippen LogP contribution >= 0.6 is 11.6 Å². The number of likely N-dealkylation sites (tertiary alicyclic amines) is 1. The van der Waals surface area contributed by atoms with Crippen LogP contribution in [0.1, 0.15) is 81.0 Å². The van der Waals surface area contributed by atoms with Crippen molar-refractivity contribution < 1.29 is 4.39 Å². The Morgan fingerprint density at radius 3 is 2.39 bits per heavy atom. The summed E-state index contributed by atoms with van der Waals surface area (Å²) in [5.41, 5.74) is 5.17. The van der Waals surface area contributed by atoms with Gasteiger partial charge in [-0.05, 0) is 75.9 Å². The summed E-state index contributed by atoms with van der Waals surface area (Å²) in [6.45, 7) is 10.8. The maximum atomic E-state index is 13.6. The summed E-state index contributed by atoms with van der Waals surface area (Å²) in [5.74, 6) is -0.301. The van der Waals surface area contributed by atoms with Crippen LogP contribution in [0.15, 0.2) is 79.1 Å². The van der Waals surface area contributed by atoms with Crippen molar-refractivity contribution in [1.29, 1.82) is 5.26 Å². The summed E-state index contributed by atoms with van der Waals surface area (Å²) >= 11 is 6.83. The molecule has 1 fully saturated rings. The van der Waals surface area contributed by atoms with Gasteiger partial charge in [0.2, 0.25) is 0 Å². The number of halogens is 2. The standard InChI is InChI=1S/C36H38ClFN8/c1-23(24-10-12-27(38)13-11-24)41-33-26(20-39)21-40-35-30(33)18-28(19-31(35)37)42-34(25-8-6-5-7-9-25)32-22-46(44-43-32)29-14-16-45(17-15-29)36(2,3)4/h5-13,18-19,21-23,29,34,42H,14-17H2,1-4H3,(H,40,41). The van der Waals surface area contributed by atoms with Crippen molar-refractivity contribution in [3.8, 4) is 6.07 Å². The highest BCUT2D eigenvalue weighted by molar-refractivity contribution is 6.35. The Hall–Kier alpha value is -4.52. The third kappa shape index (κ3) is 6.69. The lowest BCUT2D eigenvalue weighted by atomic mass is 9.98. The molecule has 236 valence electrons. The molecule has 2 N–H and O–H groups in total. The molecule has 2 aromatic heterocycles. The largest absolute Gasteiger partial charge is 0.377 e. The van der Waals surface area contributed by atoms with Crippen LogP contribution in [0, 0.1) is 17.1 Å². The van der Waals surface area contributed by atoms with E-state index in [1.165, 1.54) is 18.3 Å². The van der Waals surface area contributed by atoms with Crippen LogP contribution in [0.3, 0.4) is 0 Å². The van der Waals surface area contributed by atoms with Gasteiger partial charge in [0.05, 0.1) is 40.1 Å². The summed E-state index contributed by atoms with van der Waals surface area (Å²) in [5, 5.41) is 27.5. The first-order valence-corrected chi connectivity index (χ1v) is 16.0. The molecule has 0 aliphatic carbocycles. The molecule has 3 aromatic carbocycles. The van der Waals surface area contributed by atoms with E-state index in [0.29, 0.717) is 33.2 Å². The number of nitrogens with zero attached hydrogens (tertiary/aromatic N) is 6. The van der Waals surface area contributed by atoms with Crippen LogP contribution in [0.25, 0.3) is 10.9 Å². The van der Waals surface area contributed by atoms with E-state index < -0.39 is 0 Å². The van der Waals surface area contributed by atoms with Gasteiger partial charge in [0, 0.05) is 41.9 Å². The van der Waals surface area contributed by atoms with Gasteiger partial charge < -0.3 is 10.6 Å². The van der Waals surface area contributed by atoms with Crippen LogP contribution in [0.2, 0.25) is 5.02 Å². The molecule has 8 nitrogen and oxygen atoms in total.